The molecule has 0 saturated heterocycles. The van der Waals surface area contributed by atoms with Crippen molar-refractivity contribution < 1.29 is 54.9 Å². The van der Waals surface area contributed by atoms with Crippen LogP contribution in [0.15, 0.2) is 24.7 Å². The van der Waals surface area contributed by atoms with Gasteiger partial charge in [0.25, 0.3) is 5.91 Å². The number of carbonyl (C=O) groups is 2. The minimum atomic E-state index is -5.08. The van der Waals surface area contributed by atoms with E-state index in [1.165, 1.54) is 10.7 Å². The number of carboxylic acids is 1. The monoisotopic (exact) mass is 573 g/mol. The number of fused-ring (bicyclic) bond motifs is 1. The molecule has 0 radical (unpaired) electrons. The summed E-state index contributed by atoms with van der Waals surface area (Å²) in [7, 11) is 0. The molecule has 3 heterocycles. The fourth-order valence-electron chi connectivity index (χ4n) is 3.56. The van der Waals surface area contributed by atoms with Gasteiger partial charge in [-0.05, 0) is 18.9 Å². The SMILES string of the molecule is O=C(Nc1cn(C(F)F)nc1C(F)(F)F)c1cnn2ccc(N[C@@H]3CCCC[C@@H]3O)nc12.O=C(O)C(F)(F)F. The van der Waals surface area contributed by atoms with Crippen LogP contribution in [0.25, 0.3) is 5.65 Å². The lowest BCUT2D eigenvalue weighted by Gasteiger charge is -2.28. The van der Waals surface area contributed by atoms with Crippen LogP contribution in [0.2, 0.25) is 0 Å². The maximum Gasteiger partial charge on any atom is 0.490 e. The number of aliphatic hydroxyl groups is 1. The Balaban J connectivity index is 0.000000532. The quantitative estimate of drug-likeness (QED) is 0.336. The van der Waals surface area contributed by atoms with Crippen molar-refractivity contribution in [3.8, 4) is 0 Å². The first-order valence-electron chi connectivity index (χ1n) is 10.9. The number of carboxylic acid groups (broad SMARTS) is 1. The number of aliphatic hydroxyl groups excluding tert-OH is 1. The standard InChI is InChI=1S/C18H18F5N7O2.C2HF3O2/c19-17(20)30-8-11(14(28-30)18(21,22)23)26-16(32)9-7-24-29-6-5-13(27-15(9)29)25-10-3-1-2-4-12(10)31;3-2(4,5)1(6)7/h5-8,10,12,17,31H,1-4H2,(H,25,27)(H,26,32);(H,6,7)/t10-,12+;/m1./s1. The summed E-state index contributed by atoms with van der Waals surface area (Å²) in [6, 6.07) is 1.35. The molecule has 0 aromatic carbocycles. The summed E-state index contributed by atoms with van der Waals surface area (Å²) in [5.41, 5.74) is -2.70. The number of rotatable bonds is 5. The van der Waals surface area contributed by atoms with Crippen LogP contribution in [0.1, 0.15) is 48.3 Å². The van der Waals surface area contributed by atoms with Crippen molar-refractivity contribution in [1.82, 2.24) is 24.4 Å². The largest absolute Gasteiger partial charge is 0.490 e. The van der Waals surface area contributed by atoms with Gasteiger partial charge in [0.1, 0.15) is 11.4 Å². The maximum absolute atomic E-state index is 13.1. The van der Waals surface area contributed by atoms with Gasteiger partial charge in [-0.15, -0.1) is 0 Å². The average molecular weight is 573 g/mol. The van der Waals surface area contributed by atoms with E-state index in [-0.39, 0.29) is 21.9 Å². The van der Waals surface area contributed by atoms with Gasteiger partial charge in [0, 0.05) is 6.20 Å². The van der Waals surface area contributed by atoms with Gasteiger partial charge in [0.15, 0.2) is 11.3 Å². The van der Waals surface area contributed by atoms with Crippen LogP contribution < -0.4 is 10.6 Å². The van der Waals surface area contributed by atoms with E-state index >= 15 is 0 Å². The number of nitrogens with zero attached hydrogens (tertiary/aromatic N) is 5. The summed E-state index contributed by atoms with van der Waals surface area (Å²) in [4.78, 5) is 25.8. The number of anilines is 2. The minimum absolute atomic E-state index is 0.0348. The predicted octanol–water partition coefficient (Wildman–Crippen LogP) is 3.94. The third-order valence-electron chi connectivity index (χ3n) is 5.37. The molecule has 0 unspecified atom stereocenters. The van der Waals surface area contributed by atoms with Crippen LogP contribution >= 0.6 is 0 Å². The second-order valence-electron chi connectivity index (χ2n) is 8.15. The van der Waals surface area contributed by atoms with Gasteiger partial charge in [-0.25, -0.2) is 19.0 Å². The molecular weight excluding hydrogens is 554 g/mol. The Labute approximate surface area is 212 Å². The Hall–Kier alpha value is -4.03. The summed E-state index contributed by atoms with van der Waals surface area (Å²) < 4.78 is 97.8. The van der Waals surface area contributed by atoms with Crippen molar-refractivity contribution in [3.05, 3.63) is 35.9 Å². The number of carbonyl (C=O) groups excluding carboxylic acids is 1. The van der Waals surface area contributed by atoms with Gasteiger partial charge in [-0.2, -0.15) is 45.3 Å². The number of amides is 1. The van der Waals surface area contributed by atoms with Crippen LogP contribution in [0.4, 0.5) is 46.6 Å². The first kappa shape index (κ1) is 29.5. The van der Waals surface area contributed by atoms with E-state index in [0.29, 0.717) is 18.4 Å². The minimum Gasteiger partial charge on any atom is -0.475 e. The Morgan fingerprint density at radius 1 is 1.10 bits per heavy atom. The normalized spacial score (nSPS) is 18.0. The molecule has 11 nitrogen and oxygen atoms in total. The molecule has 1 fully saturated rings. The molecule has 1 saturated carbocycles. The van der Waals surface area contributed by atoms with E-state index in [4.69, 9.17) is 9.90 Å². The molecule has 39 heavy (non-hydrogen) atoms. The van der Waals surface area contributed by atoms with E-state index in [2.05, 4.69) is 20.5 Å². The summed E-state index contributed by atoms with van der Waals surface area (Å²) in [5, 5.41) is 29.1. The van der Waals surface area contributed by atoms with Crippen molar-refractivity contribution in [2.75, 3.05) is 10.6 Å². The van der Waals surface area contributed by atoms with Crippen molar-refractivity contribution in [1.29, 1.82) is 0 Å². The second-order valence-corrected chi connectivity index (χ2v) is 8.15. The van der Waals surface area contributed by atoms with Crippen molar-refractivity contribution in [2.24, 2.45) is 0 Å². The highest BCUT2D eigenvalue weighted by atomic mass is 19.4. The van der Waals surface area contributed by atoms with Crippen molar-refractivity contribution >= 4 is 29.0 Å². The fourth-order valence-corrected chi connectivity index (χ4v) is 3.56. The van der Waals surface area contributed by atoms with Gasteiger partial charge >= 0.3 is 24.9 Å². The number of hydrogen-bond acceptors (Lipinski definition) is 7. The van der Waals surface area contributed by atoms with Crippen LogP contribution in [-0.4, -0.2) is 64.8 Å². The second kappa shape index (κ2) is 11.4. The maximum atomic E-state index is 13.1. The molecule has 2 atom stereocenters. The highest BCUT2D eigenvalue weighted by molar-refractivity contribution is 6.08. The van der Waals surface area contributed by atoms with Gasteiger partial charge in [-0.3, -0.25) is 4.79 Å². The number of halogens is 8. The van der Waals surface area contributed by atoms with E-state index in [1.54, 1.807) is 6.07 Å². The molecule has 1 aliphatic carbocycles. The third-order valence-corrected chi connectivity index (χ3v) is 5.37. The summed E-state index contributed by atoms with van der Waals surface area (Å²) in [6.07, 6.45) is -4.47. The molecule has 0 spiro atoms. The number of nitrogens with one attached hydrogen (secondary N) is 2. The molecule has 3 aromatic heterocycles. The topological polar surface area (TPSA) is 147 Å². The number of aliphatic carboxylic acids is 1. The van der Waals surface area contributed by atoms with Crippen LogP contribution in [0, 0.1) is 0 Å². The average Bonchev–Trinajstić information content (AvgIpc) is 3.45. The zero-order valence-electron chi connectivity index (χ0n) is 19.3. The molecular formula is C20H19F8N7O4. The van der Waals surface area contributed by atoms with Crippen molar-refractivity contribution in [2.45, 2.75) is 56.7 Å². The third kappa shape index (κ3) is 7.30. The van der Waals surface area contributed by atoms with Gasteiger partial charge in [0.2, 0.25) is 0 Å². The van der Waals surface area contributed by atoms with Crippen LogP contribution in [-0.2, 0) is 11.0 Å². The smallest absolute Gasteiger partial charge is 0.475 e. The van der Waals surface area contributed by atoms with Crippen LogP contribution in [0.3, 0.4) is 0 Å². The molecule has 1 aliphatic rings. The Kier molecular flexibility index (Phi) is 8.61. The van der Waals surface area contributed by atoms with E-state index in [9.17, 15) is 45.0 Å². The molecule has 4 N–H and O–H groups in total. The highest BCUT2D eigenvalue weighted by Crippen LogP contribution is 2.35. The molecule has 1 amide bonds. The first-order valence-corrected chi connectivity index (χ1v) is 10.9. The lowest BCUT2D eigenvalue weighted by Crippen LogP contribution is -2.36. The van der Waals surface area contributed by atoms with Crippen molar-refractivity contribution in [3.63, 3.8) is 0 Å². The highest BCUT2D eigenvalue weighted by Gasteiger charge is 2.39. The predicted molar refractivity (Wildman–Crippen MR) is 115 cm³/mol. The number of hydrogen-bond donors (Lipinski definition) is 4. The molecule has 4 rings (SSSR count). The lowest BCUT2D eigenvalue weighted by atomic mass is 9.93. The summed E-state index contributed by atoms with van der Waals surface area (Å²) in [5.74, 6) is -3.44. The Bertz CT molecular complexity index is 1320. The summed E-state index contributed by atoms with van der Waals surface area (Å²) >= 11 is 0. The van der Waals surface area contributed by atoms with E-state index in [0.717, 1.165) is 25.5 Å². The Morgan fingerprint density at radius 3 is 2.31 bits per heavy atom. The molecule has 19 heteroatoms. The number of aromatic nitrogens is 5. The fraction of sp³-hybridized carbons (Fsp3) is 0.450. The Morgan fingerprint density at radius 2 is 1.74 bits per heavy atom. The lowest BCUT2D eigenvalue weighted by molar-refractivity contribution is -0.192. The zero-order chi connectivity index (χ0) is 29.1. The van der Waals surface area contributed by atoms with E-state index < -0.39 is 48.3 Å². The number of alkyl halides is 8. The van der Waals surface area contributed by atoms with Gasteiger partial charge < -0.3 is 20.8 Å². The first-order chi connectivity index (χ1) is 18.1. The molecule has 3 aromatic rings. The van der Waals surface area contributed by atoms with E-state index in [1.807, 2.05) is 5.32 Å². The molecule has 0 bridgehead atoms. The zero-order valence-corrected chi connectivity index (χ0v) is 19.3. The summed E-state index contributed by atoms with van der Waals surface area (Å²) in [6.45, 7) is -3.32. The van der Waals surface area contributed by atoms with Crippen LogP contribution in [0.5, 0.6) is 0 Å². The van der Waals surface area contributed by atoms with Gasteiger partial charge in [-0.1, -0.05) is 12.8 Å². The molecule has 214 valence electrons. The van der Waals surface area contributed by atoms with Gasteiger partial charge in [0.05, 0.1) is 30.2 Å². The molecule has 0 aliphatic heterocycles.